The minimum absolute atomic E-state index is 0.0116. The van der Waals surface area contributed by atoms with Gasteiger partial charge >= 0.3 is 0 Å². The molecule has 2 aromatic carbocycles. The van der Waals surface area contributed by atoms with Gasteiger partial charge in [0, 0.05) is 38.3 Å². The number of carbonyl (C=O) groups is 1. The van der Waals surface area contributed by atoms with E-state index in [2.05, 4.69) is 4.90 Å². The van der Waals surface area contributed by atoms with Gasteiger partial charge in [-0.25, -0.2) is 0 Å². The molecule has 1 aliphatic heterocycles. The summed E-state index contributed by atoms with van der Waals surface area (Å²) in [5, 5.41) is 0. The second kappa shape index (κ2) is 9.08. The van der Waals surface area contributed by atoms with Crippen LogP contribution in [0.15, 0.2) is 42.5 Å². The number of piperazine rings is 1. The predicted molar refractivity (Wildman–Crippen MR) is 110 cm³/mol. The smallest absolute Gasteiger partial charge is 0.244 e. The summed E-state index contributed by atoms with van der Waals surface area (Å²) in [6.07, 6.45) is 0. The maximum absolute atomic E-state index is 12.8. The molecule has 6 heteroatoms. The highest BCUT2D eigenvalue weighted by molar-refractivity contribution is 5.83. The number of hydrogen-bond donors (Lipinski definition) is 1. The summed E-state index contributed by atoms with van der Waals surface area (Å²) in [5.74, 6) is 1.65. The number of nitrogens with two attached hydrogens (primary N) is 1. The summed E-state index contributed by atoms with van der Waals surface area (Å²) >= 11 is 0. The van der Waals surface area contributed by atoms with Gasteiger partial charge in [-0.3, -0.25) is 9.69 Å². The Morgan fingerprint density at radius 3 is 2.32 bits per heavy atom. The normalized spacial score (nSPS) is 15.9. The van der Waals surface area contributed by atoms with Crippen molar-refractivity contribution in [2.75, 3.05) is 40.4 Å². The van der Waals surface area contributed by atoms with Crippen molar-refractivity contribution in [1.82, 2.24) is 9.80 Å². The molecule has 0 bridgehead atoms. The van der Waals surface area contributed by atoms with Crippen molar-refractivity contribution in [3.05, 3.63) is 59.2 Å². The molecular formula is C22H29N3O3. The van der Waals surface area contributed by atoms with E-state index in [9.17, 15) is 4.79 Å². The van der Waals surface area contributed by atoms with Gasteiger partial charge in [0.15, 0.2) is 0 Å². The van der Waals surface area contributed by atoms with Gasteiger partial charge < -0.3 is 20.1 Å². The van der Waals surface area contributed by atoms with E-state index < -0.39 is 6.04 Å². The topological polar surface area (TPSA) is 68.0 Å². The zero-order valence-electron chi connectivity index (χ0n) is 16.9. The van der Waals surface area contributed by atoms with Crippen LogP contribution in [0.1, 0.15) is 22.7 Å². The van der Waals surface area contributed by atoms with E-state index in [4.69, 9.17) is 15.2 Å². The minimum Gasteiger partial charge on any atom is -0.497 e. The van der Waals surface area contributed by atoms with Crippen LogP contribution < -0.4 is 15.2 Å². The van der Waals surface area contributed by atoms with E-state index >= 15 is 0 Å². The first kappa shape index (κ1) is 20.2. The zero-order chi connectivity index (χ0) is 20.1. The molecular weight excluding hydrogens is 354 g/mol. The third kappa shape index (κ3) is 4.64. The van der Waals surface area contributed by atoms with E-state index in [0.29, 0.717) is 13.1 Å². The van der Waals surface area contributed by atoms with Gasteiger partial charge in [-0.1, -0.05) is 29.8 Å². The fourth-order valence-corrected chi connectivity index (χ4v) is 3.49. The number of benzene rings is 2. The Morgan fingerprint density at radius 1 is 1.04 bits per heavy atom. The molecule has 1 aliphatic rings. The molecule has 28 heavy (non-hydrogen) atoms. The largest absolute Gasteiger partial charge is 0.497 e. The van der Waals surface area contributed by atoms with Crippen LogP contribution in [0.4, 0.5) is 0 Å². The molecule has 1 amide bonds. The Hall–Kier alpha value is -2.57. The van der Waals surface area contributed by atoms with Gasteiger partial charge in [-0.05, 0) is 30.7 Å². The molecule has 1 fully saturated rings. The molecule has 1 atom stereocenters. The quantitative estimate of drug-likeness (QED) is 0.829. The third-order valence-corrected chi connectivity index (χ3v) is 5.27. The maximum Gasteiger partial charge on any atom is 0.244 e. The zero-order valence-corrected chi connectivity index (χ0v) is 16.9. The highest BCUT2D eigenvalue weighted by Crippen LogP contribution is 2.26. The second-order valence-electron chi connectivity index (χ2n) is 7.17. The average Bonchev–Trinajstić information content (AvgIpc) is 2.73. The Bertz CT molecular complexity index is 799. The average molecular weight is 383 g/mol. The van der Waals surface area contributed by atoms with Crippen LogP contribution >= 0.6 is 0 Å². The van der Waals surface area contributed by atoms with Crippen molar-refractivity contribution < 1.29 is 14.3 Å². The van der Waals surface area contributed by atoms with E-state index in [1.165, 1.54) is 0 Å². The van der Waals surface area contributed by atoms with Crippen LogP contribution in [0.3, 0.4) is 0 Å². The molecule has 3 rings (SSSR count). The number of nitrogens with zero attached hydrogens (tertiary/aromatic N) is 2. The molecule has 0 saturated carbocycles. The van der Waals surface area contributed by atoms with Gasteiger partial charge in [0.1, 0.15) is 17.5 Å². The number of ether oxygens (including phenoxy) is 2. The standard InChI is InChI=1S/C22H29N3O3/c1-16-4-6-17(7-5-16)21(23)22(26)25-12-10-24(11-13-25)15-18-14-19(27-2)8-9-20(18)28-3/h4-9,14,21H,10-13,15,23H2,1-3H3. The first-order chi connectivity index (χ1) is 13.5. The van der Waals surface area contributed by atoms with Crippen LogP contribution in [-0.4, -0.2) is 56.1 Å². The van der Waals surface area contributed by atoms with Crippen LogP contribution in [0.2, 0.25) is 0 Å². The number of methoxy groups -OCH3 is 2. The number of amides is 1. The predicted octanol–water partition coefficient (Wildman–Crippen LogP) is 2.36. The fraction of sp³-hybridized carbons (Fsp3) is 0.409. The van der Waals surface area contributed by atoms with Crippen molar-refractivity contribution in [2.45, 2.75) is 19.5 Å². The molecule has 2 N–H and O–H groups in total. The molecule has 1 unspecified atom stereocenters. The summed E-state index contributed by atoms with van der Waals surface area (Å²) in [4.78, 5) is 17.0. The molecule has 150 valence electrons. The summed E-state index contributed by atoms with van der Waals surface area (Å²) in [5.41, 5.74) is 9.31. The van der Waals surface area contributed by atoms with E-state index in [0.717, 1.165) is 47.8 Å². The van der Waals surface area contributed by atoms with Crippen molar-refractivity contribution in [3.8, 4) is 11.5 Å². The Balaban J connectivity index is 1.58. The lowest BCUT2D eigenvalue weighted by Gasteiger charge is -2.36. The number of carbonyl (C=O) groups excluding carboxylic acids is 1. The third-order valence-electron chi connectivity index (χ3n) is 5.27. The number of hydrogen-bond acceptors (Lipinski definition) is 5. The molecule has 0 radical (unpaired) electrons. The van der Waals surface area contributed by atoms with Crippen LogP contribution in [0.25, 0.3) is 0 Å². The van der Waals surface area contributed by atoms with E-state index in [-0.39, 0.29) is 5.91 Å². The summed E-state index contributed by atoms with van der Waals surface area (Å²) in [7, 11) is 3.33. The number of rotatable bonds is 6. The lowest BCUT2D eigenvalue weighted by molar-refractivity contribution is -0.134. The molecule has 1 heterocycles. The lowest BCUT2D eigenvalue weighted by Crippen LogP contribution is -2.50. The molecule has 6 nitrogen and oxygen atoms in total. The van der Waals surface area contributed by atoms with E-state index in [1.807, 2.05) is 54.3 Å². The van der Waals surface area contributed by atoms with Crippen LogP contribution in [-0.2, 0) is 11.3 Å². The van der Waals surface area contributed by atoms with Crippen molar-refractivity contribution >= 4 is 5.91 Å². The molecule has 0 spiro atoms. The lowest BCUT2D eigenvalue weighted by atomic mass is 10.0. The van der Waals surface area contributed by atoms with Crippen LogP contribution in [0, 0.1) is 6.92 Å². The number of aryl methyl sites for hydroxylation is 1. The summed E-state index contributed by atoms with van der Waals surface area (Å²) in [6.45, 7) is 5.72. The molecule has 1 saturated heterocycles. The van der Waals surface area contributed by atoms with Crippen molar-refractivity contribution in [2.24, 2.45) is 5.73 Å². The first-order valence-electron chi connectivity index (χ1n) is 9.56. The molecule has 2 aromatic rings. The minimum atomic E-state index is -0.606. The summed E-state index contributed by atoms with van der Waals surface area (Å²) < 4.78 is 10.8. The van der Waals surface area contributed by atoms with Gasteiger partial charge in [0.25, 0.3) is 0 Å². The maximum atomic E-state index is 12.8. The molecule has 0 aromatic heterocycles. The van der Waals surface area contributed by atoms with Crippen LogP contribution in [0.5, 0.6) is 11.5 Å². The SMILES string of the molecule is COc1ccc(OC)c(CN2CCN(C(=O)C(N)c3ccc(C)cc3)CC2)c1. The van der Waals surface area contributed by atoms with Gasteiger partial charge in [0.2, 0.25) is 5.91 Å². The Kier molecular flexibility index (Phi) is 6.54. The Morgan fingerprint density at radius 2 is 1.71 bits per heavy atom. The Labute approximate surface area is 166 Å². The van der Waals surface area contributed by atoms with Gasteiger partial charge in [-0.15, -0.1) is 0 Å². The second-order valence-corrected chi connectivity index (χ2v) is 7.17. The highest BCUT2D eigenvalue weighted by Gasteiger charge is 2.26. The van der Waals surface area contributed by atoms with Gasteiger partial charge in [-0.2, -0.15) is 0 Å². The first-order valence-corrected chi connectivity index (χ1v) is 9.56. The fourth-order valence-electron chi connectivity index (χ4n) is 3.49. The van der Waals surface area contributed by atoms with Gasteiger partial charge in [0.05, 0.1) is 14.2 Å². The van der Waals surface area contributed by atoms with Crippen molar-refractivity contribution in [1.29, 1.82) is 0 Å². The highest BCUT2D eigenvalue weighted by atomic mass is 16.5. The summed E-state index contributed by atoms with van der Waals surface area (Å²) in [6, 6.07) is 13.1. The van der Waals surface area contributed by atoms with Crippen molar-refractivity contribution in [3.63, 3.8) is 0 Å². The monoisotopic (exact) mass is 383 g/mol. The van der Waals surface area contributed by atoms with E-state index in [1.54, 1.807) is 14.2 Å². The molecule has 0 aliphatic carbocycles.